The molecule has 7 nitrogen and oxygen atoms in total. The van der Waals surface area contributed by atoms with Gasteiger partial charge in [0.1, 0.15) is 0 Å². The van der Waals surface area contributed by atoms with Crippen LogP contribution in [0.25, 0.3) is 11.2 Å². The van der Waals surface area contributed by atoms with Gasteiger partial charge in [0, 0.05) is 35.3 Å². The van der Waals surface area contributed by atoms with Crippen LogP contribution in [-0.2, 0) is 20.1 Å². The highest BCUT2D eigenvalue weighted by Gasteiger charge is 2.29. The van der Waals surface area contributed by atoms with Gasteiger partial charge < -0.3 is 9.47 Å². The number of nitrogens with zero attached hydrogens (tertiary/aromatic N) is 5. The van der Waals surface area contributed by atoms with Crippen LogP contribution in [0.15, 0.2) is 62.6 Å². The van der Waals surface area contributed by atoms with Crippen LogP contribution in [0, 0.1) is 5.92 Å². The molecule has 1 aliphatic heterocycles. The van der Waals surface area contributed by atoms with Crippen molar-refractivity contribution in [2.45, 2.75) is 20.0 Å². The number of imidazole rings is 1. The van der Waals surface area contributed by atoms with Crippen LogP contribution in [0.2, 0.25) is 5.02 Å². The maximum atomic E-state index is 13.5. The average Bonchev–Trinajstić information content (AvgIpc) is 3.16. The Kier molecular flexibility index (Phi) is 5.22. The van der Waals surface area contributed by atoms with E-state index in [0.717, 1.165) is 22.3 Å². The van der Waals surface area contributed by atoms with Crippen molar-refractivity contribution < 1.29 is 0 Å². The van der Waals surface area contributed by atoms with E-state index in [4.69, 9.17) is 16.6 Å². The van der Waals surface area contributed by atoms with Crippen molar-refractivity contribution in [3.8, 4) is 0 Å². The quantitative estimate of drug-likeness (QED) is 0.412. The molecule has 0 aliphatic carbocycles. The van der Waals surface area contributed by atoms with Crippen molar-refractivity contribution in [1.29, 1.82) is 0 Å². The molecule has 0 saturated carbocycles. The summed E-state index contributed by atoms with van der Waals surface area (Å²) in [5.41, 5.74) is 1.94. The molecule has 32 heavy (non-hydrogen) atoms. The molecule has 2 aromatic heterocycles. The molecule has 0 bridgehead atoms. The van der Waals surface area contributed by atoms with Crippen LogP contribution in [0.1, 0.15) is 12.5 Å². The van der Waals surface area contributed by atoms with Crippen LogP contribution in [-0.4, -0.2) is 25.2 Å². The Balaban J connectivity index is 1.70. The van der Waals surface area contributed by atoms with Crippen molar-refractivity contribution in [3.63, 3.8) is 0 Å². The number of hydrogen-bond acceptors (Lipinski definition) is 4. The number of halogens is 2. The average molecular weight is 515 g/mol. The molecule has 164 valence electrons. The van der Waals surface area contributed by atoms with Gasteiger partial charge in [0.25, 0.3) is 5.56 Å². The van der Waals surface area contributed by atoms with E-state index in [0.29, 0.717) is 34.6 Å². The zero-order valence-corrected chi connectivity index (χ0v) is 20.0. The lowest BCUT2D eigenvalue weighted by Crippen LogP contribution is -2.40. The molecule has 1 aliphatic rings. The van der Waals surface area contributed by atoms with E-state index in [1.165, 1.54) is 9.13 Å². The zero-order chi connectivity index (χ0) is 22.6. The molecular formula is C23H21BrClN5O2. The molecule has 0 fully saturated rings. The van der Waals surface area contributed by atoms with Gasteiger partial charge in [0.2, 0.25) is 5.95 Å². The minimum absolute atomic E-state index is 0.172. The summed E-state index contributed by atoms with van der Waals surface area (Å²) in [6.07, 6.45) is 0. The fraction of sp³-hybridized carbons (Fsp3) is 0.261. The van der Waals surface area contributed by atoms with Crippen molar-refractivity contribution in [2.75, 3.05) is 11.4 Å². The number of anilines is 2. The molecule has 3 heterocycles. The summed E-state index contributed by atoms with van der Waals surface area (Å²) in [5.74, 6) is 0.974. The van der Waals surface area contributed by atoms with E-state index in [1.54, 1.807) is 19.2 Å². The Morgan fingerprint density at radius 2 is 1.75 bits per heavy atom. The highest BCUT2D eigenvalue weighted by Crippen LogP contribution is 2.33. The maximum absolute atomic E-state index is 13.5. The number of rotatable bonds is 3. The van der Waals surface area contributed by atoms with Gasteiger partial charge in [-0.1, -0.05) is 46.6 Å². The molecule has 0 N–H and O–H groups in total. The second kappa shape index (κ2) is 7.94. The molecule has 0 amide bonds. The number of hydrogen-bond donors (Lipinski definition) is 0. The molecule has 4 aromatic rings. The van der Waals surface area contributed by atoms with E-state index in [9.17, 15) is 9.59 Å². The second-order valence-corrected chi connectivity index (χ2v) is 9.60. The molecule has 1 atom stereocenters. The van der Waals surface area contributed by atoms with Crippen LogP contribution < -0.4 is 16.1 Å². The molecule has 0 spiro atoms. The lowest BCUT2D eigenvalue weighted by Gasteiger charge is -2.33. The third kappa shape index (κ3) is 3.47. The third-order valence-electron chi connectivity index (χ3n) is 5.83. The highest BCUT2D eigenvalue weighted by atomic mass is 79.9. The highest BCUT2D eigenvalue weighted by molar-refractivity contribution is 9.10. The summed E-state index contributed by atoms with van der Waals surface area (Å²) in [7, 11) is 1.66. The first kappa shape index (κ1) is 21.0. The summed E-state index contributed by atoms with van der Waals surface area (Å²) >= 11 is 9.46. The second-order valence-electron chi connectivity index (χ2n) is 8.25. The number of benzene rings is 2. The smallest absolute Gasteiger partial charge is 0.312 e. The first-order valence-corrected chi connectivity index (χ1v) is 11.5. The van der Waals surface area contributed by atoms with Crippen molar-refractivity contribution in [2.24, 2.45) is 13.0 Å². The fourth-order valence-electron chi connectivity index (χ4n) is 4.26. The van der Waals surface area contributed by atoms with Gasteiger partial charge >= 0.3 is 5.69 Å². The van der Waals surface area contributed by atoms with E-state index in [1.807, 2.05) is 41.0 Å². The molecule has 5 rings (SSSR count). The SMILES string of the molecule is CC1CN(c2ccc(Br)cc2)c2nc3c(c(=O)n(Cc4ccc(Cl)cc4)c(=O)n3C)n2C1. The van der Waals surface area contributed by atoms with Crippen LogP contribution in [0.5, 0.6) is 0 Å². The number of aryl methyl sites for hydroxylation is 1. The predicted octanol–water partition coefficient (Wildman–Crippen LogP) is 4.15. The monoisotopic (exact) mass is 513 g/mol. The van der Waals surface area contributed by atoms with Gasteiger partial charge in [-0.2, -0.15) is 4.98 Å². The predicted molar refractivity (Wildman–Crippen MR) is 130 cm³/mol. The summed E-state index contributed by atoms with van der Waals surface area (Å²) in [4.78, 5) is 33.5. The molecule has 9 heteroatoms. The Hall–Kier alpha value is -2.84. The van der Waals surface area contributed by atoms with E-state index in [2.05, 4.69) is 27.8 Å². The maximum Gasteiger partial charge on any atom is 0.332 e. The molecule has 2 aromatic carbocycles. The molecule has 0 radical (unpaired) electrons. The fourth-order valence-corrected chi connectivity index (χ4v) is 4.65. The summed E-state index contributed by atoms with van der Waals surface area (Å²) in [6, 6.07) is 15.1. The molecular weight excluding hydrogens is 494 g/mol. The molecule has 1 unspecified atom stereocenters. The summed E-state index contributed by atoms with van der Waals surface area (Å²) in [5, 5.41) is 0.608. The van der Waals surface area contributed by atoms with Gasteiger partial charge in [0.05, 0.1) is 6.54 Å². The first-order valence-electron chi connectivity index (χ1n) is 10.3. The normalized spacial score (nSPS) is 15.9. The summed E-state index contributed by atoms with van der Waals surface area (Å²) < 4.78 is 5.67. The zero-order valence-electron chi connectivity index (χ0n) is 17.6. The van der Waals surface area contributed by atoms with Crippen molar-refractivity contribution >= 4 is 50.3 Å². The summed E-state index contributed by atoms with van der Waals surface area (Å²) in [6.45, 7) is 3.76. The standard InChI is InChI=1S/C23H21BrClN5O2/c1-14-11-28(18-9-5-16(24)6-10-18)22-26-20-19(29(22)12-14)21(31)30(23(32)27(20)2)13-15-3-7-17(25)8-4-15/h3-10,14H,11-13H2,1-2H3. The Morgan fingerprint density at radius 3 is 2.44 bits per heavy atom. The third-order valence-corrected chi connectivity index (χ3v) is 6.62. The Bertz CT molecular complexity index is 1440. The van der Waals surface area contributed by atoms with E-state index >= 15 is 0 Å². The van der Waals surface area contributed by atoms with Crippen LogP contribution >= 0.6 is 27.5 Å². The van der Waals surface area contributed by atoms with Crippen LogP contribution in [0.4, 0.5) is 11.6 Å². The number of aromatic nitrogens is 4. The van der Waals surface area contributed by atoms with Gasteiger partial charge in [-0.3, -0.25) is 13.9 Å². The van der Waals surface area contributed by atoms with Gasteiger partial charge in [-0.15, -0.1) is 0 Å². The van der Waals surface area contributed by atoms with Gasteiger partial charge in [-0.25, -0.2) is 4.79 Å². The van der Waals surface area contributed by atoms with Gasteiger partial charge in [-0.05, 0) is 47.9 Å². The Morgan fingerprint density at radius 1 is 1.06 bits per heavy atom. The molecule has 0 saturated heterocycles. The van der Waals surface area contributed by atoms with Crippen molar-refractivity contribution in [1.82, 2.24) is 18.7 Å². The number of fused-ring (bicyclic) bond motifs is 3. The van der Waals surface area contributed by atoms with E-state index < -0.39 is 5.69 Å². The lowest BCUT2D eigenvalue weighted by atomic mass is 10.1. The Labute approximate surface area is 197 Å². The van der Waals surface area contributed by atoms with Gasteiger partial charge in [0.15, 0.2) is 11.2 Å². The topological polar surface area (TPSA) is 65.1 Å². The minimum Gasteiger partial charge on any atom is -0.312 e. The minimum atomic E-state index is -0.392. The van der Waals surface area contributed by atoms with E-state index in [-0.39, 0.29) is 12.1 Å². The first-order chi connectivity index (χ1) is 15.3. The largest absolute Gasteiger partial charge is 0.332 e. The van der Waals surface area contributed by atoms with Crippen LogP contribution in [0.3, 0.4) is 0 Å². The van der Waals surface area contributed by atoms with Crippen molar-refractivity contribution in [3.05, 3.63) is 84.4 Å². The lowest BCUT2D eigenvalue weighted by molar-refractivity contribution is 0.458.